The number of hydrogen-bond donors (Lipinski definition) is 0. The minimum Gasteiger partial charge on any atom is -0.462 e. The highest BCUT2D eigenvalue weighted by Gasteiger charge is 2.17. The van der Waals surface area contributed by atoms with Gasteiger partial charge in [-0.25, -0.2) is 0 Å². The molecule has 0 rings (SSSR count). The van der Waals surface area contributed by atoms with E-state index in [1.165, 1.54) is 193 Å². The average Bonchev–Trinajstić information content (AvgIpc) is 3.27. The van der Waals surface area contributed by atoms with E-state index < -0.39 is 6.10 Å². The molecule has 0 spiro atoms. The van der Waals surface area contributed by atoms with Gasteiger partial charge in [0.15, 0.2) is 6.10 Å². The number of carbonyl (C=O) groups excluding carboxylic acids is 2. The van der Waals surface area contributed by atoms with Crippen LogP contribution in [0.25, 0.3) is 0 Å². The van der Waals surface area contributed by atoms with Crippen LogP contribution < -0.4 is 0 Å². The Kier molecular flexibility index (Phi) is 51.8. The second-order valence-electron chi connectivity index (χ2n) is 18.5. The highest BCUT2D eigenvalue weighted by atomic mass is 16.6. The molecule has 0 radical (unpaired) electrons. The van der Waals surface area contributed by atoms with Gasteiger partial charge < -0.3 is 14.2 Å². The summed E-state index contributed by atoms with van der Waals surface area (Å²) in [7, 11) is 0. The van der Waals surface area contributed by atoms with Crippen LogP contribution in [0.15, 0.2) is 36.5 Å². The van der Waals surface area contributed by atoms with Gasteiger partial charge >= 0.3 is 11.9 Å². The highest BCUT2D eigenvalue weighted by Crippen LogP contribution is 2.16. The van der Waals surface area contributed by atoms with Crippen LogP contribution in [0.4, 0.5) is 0 Å². The number of unbranched alkanes of at least 4 members (excludes halogenated alkanes) is 34. The fourth-order valence-electron chi connectivity index (χ4n) is 8.12. The molecule has 5 heteroatoms. The Morgan fingerprint density at radius 3 is 1.16 bits per heavy atom. The Hall–Kier alpha value is -1.88. The summed E-state index contributed by atoms with van der Waals surface area (Å²) < 4.78 is 17.4. The van der Waals surface area contributed by atoms with Crippen LogP contribution in [0.1, 0.15) is 290 Å². The third-order valence-corrected chi connectivity index (χ3v) is 12.2. The van der Waals surface area contributed by atoms with Crippen molar-refractivity contribution in [3.05, 3.63) is 36.5 Å². The second kappa shape index (κ2) is 53.5. The number of allylic oxidation sites excluding steroid dienone is 6. The summed E-state index contributed by atoms with van der Waals surface area (Å²) >= 11 is 0. The van der Waals surface area contributed by atoms with Crippen LogP contribution in [-0.4, -0.2) is 37.9 Å². The molecule has 0 aliphatic rings. The lowest BCUT2D eigenvalue weighted by molar-refractivity contribution is -0.163. The van der Waals surface area contributed by atoms with Crippen LogP contribution in [0.5, 0.6) is 0 Å². The van der Waals surface area contributed by atoms with E-state index in [1.807, 2.05) is 0 Å². The van der Waals surface area contributed by atoms with E-state index in [2.05, 4.69) is 57.2 Å². The third kappa shape index (κ3) is 50.8. The lowest BCUT2D eigenvalue weighted by Gasteiger charge is -2.18. The van der Waals surface area contributed by atoms with Gasteiger partial charge in [0.1, 0.15) is 6.61 Å². The molecule has 0 aliphatic heterocycles. The molecular weight excluding hydrogens is 765 g/mol. The first-order valence-electron chi connectivity index (χ1n) is 27.5. The number of esters is 2. The topological polar surface area (TPSA) is 61.8 Å². The predicted molar refractivity (Wildman–Crippen MR) is 270 cm³/mol. The van der Waals surface area contributed by atoms with Gasteiger partial charge in [-0.05, 0) is 51.4 Å². The lowest BCUT2D eigenvalue weighted by atomic mass is 10.0. The van der Waals surface area contributed by atoms with E-state index >= 15 is 0 Å². The van der Waals surface area contributed by atoms with Gasteiger partial charge in [-0.2, -0.15) is 0 Å². The Balaban J connectivity index is 4.25. The minimum absolute atomic E-state index is 0.0848. The molecule has 0 aromatic carbocycles. The molecule has 0 unspecified atom stereocenters. The van der Waals surface area contributed by atoms with E-state index in [4.69, 9.17) is 14.2 Å². The molecule has 0 amide bonds. The van der Waals surface area contributed by atoms with E-state index in [0.717, 1.165) is 64.2 Å². The van der Waals surface area contributed by atoms with Crippen LogP contribution in [0, 0.1) is 0 Å². The van der Waals surface area contributed by atoms with Gasteiger partial charge in [-0.15, -0.1) is 0 Å². The largest absolute Gasteiger partial charge is 0.462 e. The van der Waals surface area contributed by atoms with E-state index in [9.17, 15) is 9.59 Å². The molecule has 0 bridgehead atoms. The summed E-state index contributed by atoms with van der Waals surface area (Å²) in [4.78, 5) is 25.4. The fourth-order valence-corrected chi connectivity index (χ4v) is 8.12. The van der Waals surface area contributed by atoms with Crippen LogP contribution in [-0.2, 0) is 23.8 Å². The Morgan fingerprint density at radius 2 is 0.726 bits per heavy atom. The zero-order valence-corrected chi connectivity index (χ0v) is 41.9. The maximum absolute atomic E-state index is 12.8. The van der Waals surface area contributed by atoms with Gasteiger partial charge in [0.05, 0.1) is 6.61 Å². The molecule has 0 saturated carbocycles. The number of hydrogen-bond acceptors (Lipinski definition) is 5. The van der Waals surface area contributed by atoms with Crippen molar-refractivity contribution in [2.45, 2.75) is 297 Å². The van der Waals surface area contributed by atoms with Gasteiger partial charge in [0.2, 0.25) is 0 Å². The molecule has 0 fully saturated rings. The second-order valence-corrected chi connectivity index (χ2v) is 18.5. The van der Waals surface area contributed by atoms with E-state index in [-0.39, 0.29) is 25.2 Å². The molecule has 364 valence electrons. The molecule has 0 heterocycles. The highest BCUT2D eigenvalue weighted by molar-refractivity contribution is 5.70. The first-order valence-corrected chi connectivity index (χ1v) is 27.5. The zero-order chi connectivity index (χ0) is 44.9. The molecule has 62 heavy (non-hydrogen) atoms. The molecule has 0 saturated heterocycles. The quantitative estimate of drug-likeness (QED) is 0.0346. The number of ether oxygens (including phenoxy) is 3. The average molecular weight is 871 g/mol. The fraction of sp³-hybridized carbons (Fsp3) is 0.860. The summed E-state index contributed by atoms with van der Waals surface area (Å²) in [6.07, 6.45) is 64.4. The lowest BCUT2D eigenvalue weighted by Crippen LogP contribution is -2.30. The normalized spacial score (nSPS) is 12.4. The van der Waals surface area contributed by atoms with Crippen molar-refractivity contribution in [1.29, 1.82) is 0 Å². The Bertz CT molecular complexity index is 986. The molecule has 0 aliphatic carbocycles. The zero-order valence-electron chi connectivity index (χ0n) is 41.9. The molecule has 0 aromatic rings. The standard InChI is InChI=1S/C57H106O5/c1-4-7-10-13-16-19-22-25-28-31-34-37-40-43-46-49-52-60-53-55(62-57(59)51-48-45-42-39-36-33-30-27-24-21-18-15-12-9-6-3)54-61-56(58)50-47-44-41-38-35-32-29-26-23-20-17-14-11-8-5-2/h9,12,18,21,27,30,55H,4-8,10-11,13-17,19-20,22-26,28-29,31-54H2,1-3H3/b12-9-,21-18-,30-27-/t55-/m1/s1. The first kappa shape index (κ1) is 60.1. The number of carbonyl (C=O) groups is 2. The molecular formula is C57H106O5. The van der Waals surface area contributed by atoms with Crippen molar-refractivity contribution >= 4 is 11.9 Å². The van der Waals surface area contributed by atoms with Gasteiger partial charge in [0.25, 0.3) is 0 Å². The van der Waals surface area contributed by atoms with Crippen LogP contribution in [0.3, 0.4) is 0 Å². The van der Waals surface area contributed by atoms with Crippen molar-refractivity contribution in [2.24, 2.45) is 0 Å². The maximum atomic E-state index is 12.8. The van der Waals surface area contributed by atoms with Crippen molar-refractivity contribution in [3.8, 4) is 0 Å². The van der Waals surface area contributed by atoms with Crippen molar-refractivity contribution in [2.75, 3.05) is 19.8 Å². The first-order chi connectivity index (χ1) is 30.6. The Morgan fingerprint density at radius 1 is 0.371 bits per heavy atom. The Labute approximate surface area is 387 Å². The van der Waals surface area contributed by atoms with Crippen molar-refractivity contribution in [3.63, 3.8) is 0 Å². The summed E-state index contributed by atoms with van der Waals surface area (Å²) in [5, 5.41) is 0. The van der Waals surface area contributed by atoms with Crippen molar-refractivity contribution < 1.29 is 23.8 Å². The van der Waals surface area contributed by atoms with Gasteiger partial charge in [0, 0.05) is 19.4 Å². The van der Waals surface area contributed by atoms with Gasteiger partial charge in [-0.3, -0.25) is 9.59 Å². The SMILES string of the molecule is CC/C=C\C/C=C\C/C=C\CCCCCCCC(=O)O[C@H](COCCCCCCCCCCCCCCCCCC)COC(=O)CCCCCCCCCCCCCCCCC. The maximum Gasteiger partial charge on any atom is 0.306 e. The summed E-state index contributed by atoms with van der Waals surface area (Å²) in [5.41, 5.74) is 0. The number of rotatable bonds is 51. The molecule has 0 N–H and O–H groups in total. The monoisotopic (exact) mass is 871 g/mol. The van der Waals surface area contributed by atoms with E-state index in [1.54, 1.807) is 0 Å². The van der Waals surface area contributed by atoms with Crippen molar-refractivity contribution in [1.82, 2.24) is 0 Å². The third-order valence-electron chi connectivity index (χ3n) is 12.2. The summed E-state index contributed by atoms with van der Waals surface area (Å²) in [6.45, 7) is 7.76. The minimum atomic E-state index is -0.539. The molecule has 5 nitrogen and oxygen atoms in total. The summed E-state index contributed by atoms with van der Waals surface area (Å²) in [5.74, 6) is -0.398. The van der Waals surface area contributed by atoms with Crippen LogP contribution in [0.2, 0.25) is 0 Å². The van der Waals surface area contributed by atoms with Crippen LogP contribution >= 0.6 is 0 Å². The molecule has 0 aromatic heterocycles. The predicted octanol–water partition coefficient (Wildman–Crippen LogP) is 18.6. The van der Waals surface area contributed by atoms with E-state index in [0.29, 0.717) is 19.4 Å². The summed E-state index contributed by atoms with van der Waals surface area (Å²) in [6, 6.07) is 0. The van der Waals surface area contributed by atoms with Gasteiger partial charge in [-0.1, -0.05) is 263 Å². The molecule has 1 atom stereocenters. The smallest absolute Gasteiger partial charge is 0.306 e.